The Morgan fingerprint density at radius 3 is 2.15 bits per heavy atom. The van der Waals surface area contributed by atoms with Gasteiger partial charge in [-0.1, -0.05) is 41.9 Å². The number of fused-ring (bicyclic) bond motifs is 1. The molecule has 1 amide bonds. The van der Waals surface area contributed by atoms with Crippen LogP contribution in [-0.4, -0.2) is 64.5 Å². The van der Waals surface area contributed by atoms with Crippen LogP contribution in [0.5, 0.6) is 23.0 Å². The standard InChI is InChI=1S/C42H43ClN4O7/c1-25-21-31(22-26(2)37(25)43)53-20-8-11-33-32-9-7-10-34(38(32)44-39(33)42(49)50)36-35(24-54-30-18-16-29(52-6)17-19-30)47(4)45-40(36)41(48)46(3)23-27-12-14-28(51-5)15-13-27/h7,9-10,12-19,21-22,44H,8,11,20,23-24H2,1-6H3,(H,49,50). The number of carbonyl (C=O) groups is 2. The fraction of sp³-hybridized carbons (Fsp3) is 0.262. The van der Waals surface area contributed by atoms with E-state index in [1.54, 1.807) is 62.2 Å². The van der Waals surface area contributed by atoms with E-state index in [1.165, 1.54) is 0 Å². The summed E-state index contributed by atoms with van der Waals surface area (Å²) in [4.78, 5) is 31.8. The maximum Gasteiger partial charge on any atom is 0.352 e. The highest BCUT2D eigenvalue weighted by Gasteiger charge is 2.29. The molecule has 11 nitrogen and oxygen atoms in total. The smallest absolute Gasteiger partial charge is 0.352 e. The van der Waals surface area contributed by atoms with Gasteiger partial charge < -0.3 is 33.9 Å². The molecule has 6 aromatic rings. The van der Waals surface area contributed by atoms with E-state index >= 15 is 0 Å². The third-order valence-electron chi connectivity index (χ3n) is 9.40. The van der Waals surface area contributed by atoms with Crippen molar-refractivity contribution in [2.75, 3.05) is 27.9 Å². The summed E-state index contributed by atoms with van der Waals surface area (Å²) < 4.78 is 24.5. The predicted octanol–water partition coefficient (Wildman–Crippen LogP) is 8.42. The number of ether oxygens (including phenoxy) is 4. The van der Waals surface area contributed by atoms with Gasteiger partial charge in [-0.15, -0.1) is 0 Å². The number of rotatable bonds is 15. The lowest BCUT2D eigenvalue weighted by atomic mass is 9.97. The topological polar surface area (TPSA) is 128 Å². The van der Waals surface area contributed by atoms with Crippen LogP contribution in [-0.2, 0) is 26.6 Å². The van der Waals surface area contributed by atoms with Gasteiger partial charge in [0.2, 0.25) is 0 Å². The second-order valence-electron chi connectivity index (χ2n) is 13.1. The van der Waals surface area contributed by atoms with Gasteiger partial charge in [0.15, 0.2) is 5.69 Å². The Hall–Kier alpha value is -5.94. The molecule has 54 heavy (non-hydrogen) atoms. The summed E-state index contributed by atoms with van der Waals surface area (Å²) >= 11 is 6.33. The Morgan fingerprint density at radius 2 is 1.52 bits per heavy atom. The largest absolute Gasteiger partial charge is 0.497 e. The fourth-order valence-electron chi connectivity index (χ4n) is 6.59. The summed E-state index contributed by atoms with van der Waals surface area (Å²) in [5, 5.41) is 16.5. The Balaban J connectivity index is 1.36. The number of aryl methyl sites for hydroxylation is 4. The number of carboxylic acids is 1. The minimum absolute atomic E-state index is 0.0807. The first-order chi connectivity index (χ1) is 26.0. The number of H-pyrrole nitrogens is 1. The van der Waals surface area contributed by atoms with Crippen molar-refractivity contribution in [3.05, 3.63) is 123 Å². The van der Waals surface area contributed by atoms with Crippen LogP contribution >= 0.6 is 11.6 Å². The third kappa shape index (κ3) is 8.01. The summed E-state index contributed by atoms with van der Waals surface area (Å²) in [6, 6.07) is 24.2. The number of methoxy groups -OCH3 is 2. The number of aromatic nitrogens is 3. The number of halogens is 1. The van der Waals surface area contributed by atoms with E-state index in [4.69, 9.17) is 35.6 Å². The molecular formula is C42H43ClN4O7. The van der Waals surface area contributed by atoms with Gasteiger partial charge in [-0.25, -0.2) is 4.79 Å². The molecule has 12 heteroatoms. The predicted molar refractivity (Wildman–Crippen MR) is 208 cm³/mol. The molecule has 0 aliphatic heterocycles. The van der Waals surface area contributed by atoms with E-state index in [0.717, 1.165) is 27.8 Å². The molecule has 0 bridgehead atoms. The van der Waals surface area contributed by atoms with Gasteiger partial charge in [0.1, 0.15) is 35.3 Å². The van der Waals surface area contributed by atoms with E-state index in [2.05, 4.69) is 4.98 Å². The zero-order chi connectivity index (χ0) is 38.5. The molecule has 0 fully saturated rings. The normalized spacial score (nSPS) is 11.1. The van der Waals surface area contributed by atoms with E-state index in [1.807, 2.05) is 68.4 Å². The number of aromatic amines is 1. The molecule has 6 rings (SSSR count). The Morgan fingerprint density at radius 1 is 0.889 bits per heavy atom. The number of nitrogens with zero attached hydrogens (tertiary/aromatic N) is 3. The lowest BCUT2D eigenvalue weighted by Crippen LogP contribution is -2.27. The first kappa shape index (κ1) is 37.8. The summed E-state index contributed by atoms with van der Waals surface area (Å²) in [5.41, 5.74) is 6.11. The molecule has 0 saturated carbocycles. The van der Waals surface area contributed by atoms with Gasteiger partial charge in [0.25, 0.3) is 5.91 Å². The van der Waals surface area contributed by atoms with Crippen molar-refractivity contribution >= 4 is 34.4 Å². The minimum atomic E-state index is -1.08. The van der Waals surface area contributed by atoms with Gasteiger partial charge in [-0.05, 0) is 97.5 Å². The van der Waals surface area contributed by atoms with Crippen LogP contribution < -0.4 is 18.9 Å². The number of hydrogen-bond acceptors (Lipinski definition) is 7. The highest BCUT2D eigenvalue weighted by molar-refractivity contribution is 6.32. The van der Waals surface area contributed by atoms with Crippen LogP contribution in [0.1, 0.15) is 55.3 Å². The van der Waals surface area contributed by atoms with Gasteiger partial charge >= 0.3 is 5.97 Å². The van der Waals surface area contributed by atoms with Crippen molar-refractivity contribution in [2.24, 2.45) is 7.05 Å². The quantitative estimate of drug-likeness (QED) is 0.100. The number of aromatic carboxylic acids is 1. The fourth-order valence-corrected chi connectivity index (χ4v) is 6.70. The van der Waals surface area contributed by atoms with Crippen LogP contribution in [0.25, 0.3) is 22.0 Å². The zero-order valence-electron chi connectivity index (χ0n) is 31.2. The molecule has 2 N–H and O–H groups in total. The monoisotopic (exact) mass is 750 g/mol. The van der Waals surface area contributed by atoms with E-state index in [-0.39, 0.29) is 23.9 Å². The second kappa shape index (κ2) is 16.4. The molecule has 0 saturated heterocycles. The van der Waals surface area contributed by atoms with Gasteiger partial charge in [0.05, 0.1) is 32.0 Å². The van der Waals surface area contributed by atoms with Crippen LogP contribution in [0.15, 0.2) is 78.9 Å². The maximum atomic E-state index is 14.3. The summed E-state index contributed by atoms with van der Waals surface area (Å²) in [6.45, 7) is 4.65. The lowest BCUT2D eigenvalue weighted by molar-refractivity contribution is 0.0689. The average Bonchev–Trinajstić information content (AvgIpc) is 3.72. The molecule has 0 aliphatic carbocycles. The van der Waals surface area contributed by atoms with E-state index in [9.17, 15) is 14.7 Å². The molecule has 0 aliphatic rings. The second-order valence-corrected chi connectivity index (χ2v) is 13.5. The van der Waals surface area contributed by atoms with Crippen LogP contribution in [0, 0.1) is 13.8 Å². The lowest BCUT2D eigenvalue weighted by Gasteiger charge is -2.18. The molecule has 0 unspecified atom stereocenters. The molecule has 4 aromatic carbocycles. The highest BCUT2D eigenvalue weighted by Crippen LogP contribution is 2.37. The van der Waals surface area contributed by atoms with Crippen molar-refractivity contribution in [2.45, 2.75) is 39.8 Å². The molecule has 2 aromatic heterocycles. The average molecular weight is 751 g/mol. The summed E-state index contributed by atoms with van der Waals surface area (Å²) in [7, 11) is 6.70. The minimum Gasteiger partial charge on any atom is -0.497 e. The van der Waals surface area contributed by atoms with Crippen LogP contribution in [0.3, 0.4) is 0 Å². The van der Waals surface area contributed by atoms with Crippen molar-refractivity contribution in [1.82, 2.24) is 19.7 Å². The first-order valence-electron chi connectivity index (χ1n) is 17.5. The third-order valence-corrected chi connectivity index (χ3v) is 10.00. The SMILES string of the molecule is COc1ccc(CN(C)C(=O)c2nn(C)c(COc3ccc(OC)cc3)c2-c2cccc3c(CCCOc4cc(C)c(Cl)c(C)c4)c(C(=O)O)[nH]c23)cc1. The Labute approximate surface area is 319 Å². The highest BCUT2D eigenvalue weighted by atomic mass is 35.5. The number of para-hydroxylation sites is 1. The number of amides is 1. The van der Waals surface area contributed by atoms with E-state index in [0.29, 0.717) is 76.2 Å². The first-order valence-corrected chi connectivity index (χ1v) is 17.8. The van der Waals surface area contributed by atoms with Crippen molar-refractivity contribution in [1.29, 1.82) is 0 Å². The molecule has 2 heterocycles. The molecule has 280 valence electrons. The number of hydrogen-bond donors (Lipinski definition) is 2. The number of nitrogens with one attached hydrogen (secondary N) is 1. The zero-order valence-corrected chi connectivity index (χ0v) is 31.9. The summed E-state index contributed by atoms with van der Waals surface area (Å²) in [6.07, 6.45) is 0.999. The number of carbonyl (C=O) groups excluding carboxylic acids is 1. The molecule has 0 spiro atoms. The van der Waals surface area contributed by atoms with Crippen molar-refractivity contribution in [3.8, 4) is 34.1 Å². The molecular weight excluding hydrogens is 708 g/mol. The Bertz CT molecular complexity index is 2270. The maximum absolute atomic E-state index is 14.3. The van der Waals surface area contributed by atoms with Gasteiger partial charge in [-0.2, -0.15) is 5.10 Å². The van der Waals surface area contributed by atoms with Crippen molar-refractivity contribution < 1.29 is 33.6 Å². The summed E-state index contributed by atoms with van der Waals surface area (Å²) in [5.74, 6) is 1.35. The van der Waals surface area contributed by atoms with E-state index < -0.39 is 5.97 Å². The number of benzene rings is 4. The van der Waals surface area contributed by atoms with Gasteiger partial charge in [0, 0.05) is 42.2 Å². The van der Waals surface area contributed by atoms with Crippen molar-refractivity contribution in [3.63, 3.8) is 0 Å². The van der Waals surface area contributed by atoms with Crippen LogP contribution in [0.4, 0.5) is 0 Å². The Kier molecular flexibility index (Phi) is 11.5. The molecule has 0 radical (unpaired) electrons. The number of carboxylic acid groups (broad SMARTS) is 1. The van der Waals surface area contributed by atoms with Crippen LogP contribution in [0.2, 0.25) is 5.02 Å². The van der Waals surface area contributed by atoms with Gasteiger partial charge in [-0.3, -0.25) is 9.48 Å². The molecule has 0 atom stereocenters.